The fraction of sp³-hybridized carbons (Fsp3) is 0.333. The minimum Gasteiger partial charge on any atom is -0.473 e. The van der Waals surface area contributed by atoms with Gasteiger partial charge in [0.15, 0.2) is 5.96 Å². The molecule has 0 unspecified atom stereocenters. The lowest BCUT2D eigenvalue weighted by molar-refractivity contribution is 0.290. The number of hydrogen-bond acceptors (Lipinski definition) is 3. The number of aromatic nitrogens is 1. The minimum atomic E-state index is 0. The van der Waals surface area contributed by atoms with Crippen LogP contribution in [-0.4, -0.2) is 28.9 Å². The van der Waals surface area contributed by atoms with Crippen molar-refractivity contribution in [1.82, 2.24) is 9.88 Å². The predicted octanol–water partition coefficient (Wildman–Crippen LogP) is 3.19. The second-order valence-corrected chi connectivity index (χ2v) is 5.76. The number of hydrogen-bond donors (Lipinski definition) is 1. The highest BCUT2D eigenvalue weighted by molar-refractivity contribution is 14.0. The number of nitrogens with two attached hydrogens (primary N) is 1. The fourth-order valence-corrected chi connectivity index (χ4v) is 2.33. The highest BCUT2D eigenvalue weighted by Gasteiger charge is 2.27. The van der Waals surface area contributed by atoms with Crippen molar-refractivity contribution >= 4 is 29.9 Å². The predicted molar refractivity (Wildman–Crippen MR) is 107 cm³/mol. The van der Waals surface area contributed by atoms with Crippen molar-refractivity contribution in [2.45, 2.75) is 32.0 Å². The van der Waals surface area contributed by atoms with E-state index in [1.54, 1.807) is 6.20 Å². The van der Waals surface area contributed by atoms with Crippen LogP contribution in [0.5, 0.6) is 5.88 Å². The third kappa shape index (κ3) is 5.09. The Kier molecular flexibility index (Phi) is 6.84. The minimum absolute atomic E-state index is 0. The summed E-state index contributed by atoms with van der Waals surface area (Å²) in [5.74, 6) is 1.19. The molecule has 1 aromatic heterocycles. The molecule has 0 spiro atoms. The molecule has 1 aliphatic carbocycles. The van der Waals surface area contributed by atoms with Crippen molar-refractivity contribution in [3.05, 3.63) is 59.8 Å². The zero-order valence-corrected chi connectivity index (χ0v) is 16.1. The molecule has 0 aliphatic heterocycles. The zero-order chi connectivity index (χ0) is 16.1. The van der Waals surface area contributed by atoms with E-state index in [9.17, 15) is 0 Å². The lowest BCUT2D eigenvalue weighted by Gasteiger charge is -2.17. The summed E-state index contributed by atoms with van der Waals surface area (Å²) in [5.41, 5.74) is 8.09. The zero-order valence-electron chi connectivity index (χ0n) is 13.8. The van der Waals surface area contributed by atoms with Crippen LogP contribution in [0.2, 0.25) is 0 Å². The molecule has 0 bridgehead atoms. The Morgan fingerprint density at radius 2 is 2.00 bits per heavy atom. The van der Waals surface area contributed by atoms with Gasteiger partial charge in [-0.15, -0.1) is 24.0 Å². The molecule has 0 amide bonds. The molecule has 24 heavy (non-hydrogen) atoms. The maximum atomic E-state index is 6.04. The highest BCUT2D eigenvalue weighted by Crippen LogP contribution is 2.25. The molecule has 6 heteroatoms. The van der Waals surface area contributed by atoms with E-state index in [4.69, 9.17) is 10.5 Å². The molecule has 0 radical (unpaired) electrons. The number of benzene rings is 1. The monoisotopic (exact) mass is 438 g/mol. The van der Waals surface area contributed by atoms with Gasteiger partial charge in [0.1, 0.15) is 6.61 Å². The summed E-state index contributed by atoms with van der Waals surface area (Å²) in [5, 5.41) is 0. The first kappa shape index (κ1) is 18.5. The van der Waals surface area contributed by atoms with Crippen molar-refractivity contribution < 1.29 is 4.74 Å². The molecule has 1 aromatic carbocycles. The van der Waals surface area contributed by atoms with Gasteiger partial charge in [0, 0.05) is 24.8 Å². The molecule has 3 rings (SSSR count). The topological polar surface area (TPSA) is 63.7 Å². The number of rotatable bonds is 6. The van der Waals surface area contributed by atoms with E-state index in [0.29, 0.717) is 31.0 Å². The Hall–Kier alpha value is -1.83. The third-order valence-corrected chi connectivity index (χ3v) is 3.94. The summed E-state index contributed by atoms with van der Waals surface area (Å²) in [4.78, 5) is 10.8. The number of guanidine groups is 1. The maximum absolute atomic E-state index is 6.04. The van der Waals surface area contributed by atoms with E-state index in [0.717, 1.165) is 11.1 Å². The van der Waals surface area contributed by atoms with Crippen LogP contribution in [0.3, 0.4) is 0 Å². The first-order valence-corrected chi connectivity index (χ1v) is 7.87. The summed E-state index contributed by atoms with van der Waals surface area (Å²) in [6.07, 6.45) is 4.13. The smallest absolute Gasteiger partial charge is 0.218 e. The van der Waals surface area contributed by atoms with Crippen LogP contribution < -0.4 is 10.5 Å². The van der Waals surface area contributed by atoms with Crippen molar-refractivity contribution in [2.24, 2.45) is 10.7 Å². The van der Waals surface area contributed by atoms with E-state index in [2.05, 4.69) is 9.98 Å². The van der Waals surface area contributed by atoms with Gasteiger partial charge in [-0.3, -0.25) is 0 Å². The van der Waals surface area contributed by atoms with Crippen LogP contribution in [0.25, 0.3) is 0 Å². The van der Waals surface area contributed by atoms with Gasteiger partial charge in [-0.05, 0) is 24.5 Å². The Labute approximate surface area is 160 Å². The molecule has 0 saturated heterocycles. The second-order valence-electron chi connectivity index (χ2n) is 5.76. The van der Waals surface area contributed by atoms with E-state index in [1.807, 2.05) is 54.4 Å². The quantitative estimate of drug-likeness (QED) is 0.428. The summed E-state index contributed by atoms with van der Waals surface area (Å²) in [6.45, 7) is 0.965. The molecule has 2 N–H and O–H groups in total. The number of nitrogens with zero attached hydrogens (tertiary/aromatic N) is 3. The normalized spacial score (nSPS) is 14.0. The van der Waals surface area contributed by atoms with Gasteiger partial charge in [0.05, 0.1) is 6.54 Å². The average molecular weight is 438 g/mol. The van der Waals surface area contributed by atoms with Crippen LogP contribution >= 0.6 is 24.0 Å². The van der Waals surface area contributed by atoms with Gasteiger partial charge in [0.25, 0.3) is 0 Å². The average Bonchev–Trinajstić information content (AvgIpc) is 3.44. The van der Waals surface area contributed by atoms with E-state index < -0.39 is 0 Å². The van der Waals surface area contributed by atoms with Crippen molar-refractivity contribution in [2.75, 3.05) is 7.05 Å². The lowest BCUT2D eigenvalue weighted by atomic mass is 10.2. The molecular weight excluding hydrogens is 415 g/mol. The number of ether oxygens (including phenoxy) is 1. The van der Waals surface area contributed by atoms with Gasteiger partial charge >= 0.3 is 0 Å². The first-order valence-electron chi connectivity index (χ1n) is 7.87. The Balaban J connectivity index is 0.00000208. The summed E-state index contributed by atoms with van der Waals surface area (Å²) >= 11 is 0. The fourth-order valence-electron chi connectivity index (χ4n) is 2.33. The molecule has 1 saturated carbocycles. The Bertz CT molecular complexity index is 674. The van der Waals surface area contributed by atoms with Crippen LogP contribution in [0.1, 0.15) is 24.0 Å². The van der Waals surface area contributed by atoms with E-state index in [1.165, 1.54) is 12.8 Å². The largest absolute Gasteiger partial charge is 0.473 e. The van der Waals surface area contributed by atoms with Crippen molar-refractivity contribution in [1.29, 1.82) is 0 Å². The van der Waals surface area contributed by atoms with Crippen molar-refractivity contribution in [3.8, 4) is 5.88 Å². The second kappa shape index (κ2) is 8.86. The maximum Gasteiger partial charge on any atom is 0.218 e. The summed E-state index contributed by atoms with van der Waals surface area (Å²) in [7, 11) is 1.99. The first-order chi connectivity index (χ1) is 11.2. The number of pyridine rings is 1. The molecule has 0 atom stereocenters. The molecule has 1 fully saturated rings. The molecule has 5 nitrogen and oxygen atoms in total. The molecular formula is C18H23IN4O. The molecule has 2 aromatic rings. The molecule has 1 heterocycles. The van der Waals surface area contributed by atoms with Crippen LogP contribution in [-0.2, 0) is 13.2 Å². The highest BCUT2D eigenvalue weighted by atomic mass is 127. The SMILES string of the molecule is CN(C(N)=NCc1cccnc1OCc1ccccc1)C1CC1.I. The number of halogens is 1. The van der Waals surface area contributed by atoms with Gasteiger partial charge in [0.2, 0.25) is 5.88 Å². The van der Waals surface area contributed by atoms with Crippen LogP contribution in [0.15, 0.2) is 53.7 Å². The van der Waals surface area contributed by atoms with Gasteiger partial charge in [-0.2, -0.15) is 0 Å². The lowest BCUT2D eigenvalue weighted by Crippen LogP contribution is -2.35. The third-order valence-electron chi connectivity index (χ3n) is 3.94. The van der Waals surface area contributed by atoms with Gasteiger partial charge in [-0.25, -0.2) is 9.98 Å². The van der Waals surface area contributed by atoms with Gasteiger partial charge in [-0.1, -0.05) is 36.4 Å². The van der Waals surface area contributed by atoms with E-state index >= 15 is 0 Å². The summed E-state index contributed by atoms with van der Waals surface area (Å²) in [6, 6.07) is 14.5. The van der Waals surface area contributed by atoms with Gasteiger partial charge < -0.3 is 15.4 Å². The van der Waals surface area contributed by atoms with Crippen LogP contribution in [0, 0.1) is 0 Å². The number of aliphatic imine (C=N–C) groups is 1. The summed E-state index contributed by atoms with van der Waals surface area (Å²) < 4.78 is 5.84. The molecule has 1 aliphatic rings. The Morgan fingerprint density at radius 3 is 2.71 bits per heavy atom. The molecule has 128 valence electrons. The van der Waals surface area contributed by atoms with Crippen molar-refractivity contribution in [3.63, 3.8) is 0 Å². The Morgan fingerprint density at radius 1 is 1.25 bits per heavy atom. The van der Waals surface area contributed by atoms with E-state index in [-0.39, 0.29) is 24.0 Å². The standard InChI is InChI=1S/C18H22N4O.HI/c1-22(16-9-10-16)18(19)21-12-15-8-5-11-20-17(15)23-13-14-6-3-2-4-7-14;/h2-8,11,16H,9-10,12-13H2,1H3,(H2,19,21);1H. The van der Waals surface area contributed by atoms with Crippen LogP contribution in [0.4, 0.5) is 0 Å².